The Morgan fingerprint density at radius 1 is 1.00 bits per heavy atom. The van der Waals surface area contributed by atoms with E-state index in [-0.39, 0.29) is 0 Å². The van der Waals surface area contributed by atoms with E-state index >= 15 is 0 Å². The van der Waals surface area contributed by atoms with Gasteiger partial charge in [-0.2, -0.15) is 0 Å². The van der Waals surface area contributed by atoms with Crippen LogP contribution in [0.1, 0.15) is 39.0 Å². The van der Waals surface area contributed by atoms with Gasteiger partial charge in [0.05, 0.1) is 0 Å². The van der Waals surface area contributed by atoms with Crippen LogP contribution in [-0.2, 0) is 0 Å². The molecule has 1 aliphatic rings. The average molecular weight is 156 g/mol. The van der Waals surface area contributed by atoms with Gasteiger partial charge < -0.3 is 11.5 Å². The molecule has 0 aromatic heterocycles. The van der Waals surface area contributed by atoms with E-state index in [4.69, 9.17) is 11.5 Å². The Morgan fingerprint density at radius 3 is 2.45 bits per heavy atom. The summed E-state index contributed by atoms with van der Waals surface area (Å²) in [6.07, 6.45) is 5.94. The Kier molecular flexibility index (Phi) is 3.34. The minimum atomic E-state index is 0.347. The predicted octanol–water partition coefficient (Wildman–Crippen LogP) is 1.24. The predicted molar refractivity (Wildman–Crippen MR) is 48.2 cm³/mol. The van der Waals surface area contributed by atoms with Crippen molar-refractivity contribution in [2.45, 2.75) is 51.1 Å². The topological polar surface area (TPSA) is 52.0 Å². The van der Waals surface area contributed by atoms with Crippen LogP contribution in [0.4, 0.5) is 0 Å². The van der Waals surface area contributed by atoms with Crippen molar-refractivity contribution >= 4 is 0 Å². The molecule has 2 heteroatoms. The molecule has 0 aromatic rings. The highest BCUT2D eigenvalue weighted by molar-refractivity contribution is 4.76. The first-order valence-electron chi connectivity index (χ1n) is 4.69. The molecule has 1 saturated carbocycles. The van der Waals surface area contributed by atoms with Crippen LogP contribution >= 0.6 is 0 Å². The van der Waals surface area contributed by atoms with Crippen LogP contribution in [0.3, 0.4) is 0 Å². The molecule has 0 saturated heterocycles. The van der Waals surface area contributed by atoms with Gasteiger partial charge in [-0.3, -0.25) is 0 Å². The summed E-state index contributed by atoms with van der Waals surface area (Å²) in [5, 5.41) is 0. The minimum absolute atomic E-state index is 0.347. The van der Waals surface area contributed by atoms with Gasteiger partial charge in [0.2, 0.25) is 0 Å². The first kappa shape index (κ1) is 9.01. The second kappa shape index (κ2) is 4.07. The van der Waals surface area contributed by atoms with Gasteiger partial charge in [0.25, 0.3) is 0 Å². The maximum atomic E-state index is 5.90. The minimum Gasteiger partial charge on any atom is -0.328 e. The van der Waals surface area contributed by atoms with Gasteiger partial charge in [-0.25, -0.2) is 0 Å². The van der Waals surface area contributed by atoms with E-state index in [1.807, 2.05) is 0 Å². The molecule has 0 aliphatic heterocycles. The van der Waals surface area contributed by atoms with E-state index in [2.05, 4.69) is 6.92 Å². The quantitative estimate of drug-likeness (QED) is 0.554. The van der Waals surface area contributed by atoms with Gasteiger partial charge in [-0.15, -0.1) is 0 Å². The van der Waals surface area contributed by atoms with Crippen molar-refractivity contribution < 1.29 is 0 Å². The molecule has 2 nitrogen and oxygen atoms in total. The third-order valence-electron chi connectivity index (χ3n) is 2.58. The molecule has 0 bridgehead atoms. The van der Waals surface area contributed by atoms with Gasteiger partial charge >= 0.3 is 0 Å². The van der Waals surface area contributed by atoms with Crippen LogP contribution in [0.15, 0.2) is 0 Å². The first-order valence-corrected chi connectivity index (χ1v) is 4.69. The molecule has 4 N–H and O–H groups in total. The smallest absolute Gasteiger partial charge is 0.00560 e. The van der Waals surface area contributed by atoms with Crippen molar-refractivity contribution in [1.82, 2.24) is 0 Å². The fourth-order valence-corrected chi connectivity index (χ4v) is 1.97. The molecule has 1 fully saturated rings. The molecule has 1 rings (SSSR count). The van der Waals surface area contributed by atoms with Crippen LogP contribution in [0.5, 0.6) is 0 Å². The molecule has 3 atom stereocenters. The lowest BCUT2D eigenvalue weighted by molar-refractivity contribution is 0.345. The van der Waals surface area contributed by atoms with E-state index in [1.165, 1.54) is 12.8 Å². The van der Waals surface area contributed by atoms with Gasteiger partial charge in [-0.05, 0) is 25.2 Å². The molecule has 3 unspecified atom stereocenters. The Hall–Kier alpha value is -0.0800. The summed E-state index contributed by atoms with van der Waals surface area (Å²) in [6.45, 7) is 2.29. The van der Waals surface area contributed by atoms with Gasteiger partial charge in [0.15, 0.2) is 0 Å². The van der Waals surface area contributed by atoms with Crippen LogP contribution in [0.2, 0.25) is 0 Å². The van der Waals surface area contributed by atoms with Crippen LogP contribution in [0.25, 0.3) is 0 Å². The van der Waals surface area contributed by atoms with Gasteiger partial charge in [-0.1, -0.05) is 19.8 Å². The SMILES string of the molecule is CC1CCCC(N)CC(N)C1. The summed E-state index contributed by atoms with van der Waals surface area (Å²) in [4.78, 5) is 0. The van der Waals surface area contributed by atoms with Crippen LogP contribution < -0.4 is 11.5 Å². The molecule has 66 valence electrons. The highest BCUT2D eigenvalue weighted by atomic mass is 14.7. The van der Waals surface area contributed by atoms with E-state index in [1.54, 1.807) is 0 Å². The highest BCUT2D eigenvalue weighted by Gasteiger charge is 2.16. The van der Waals surface area contributed by atoms with Crippen LogP contribution in [0, 0.1) is 5.92 Å². The van der Waals surface area contributed by atoms with E-state index in [9.17, 15) is 0 Å². The Bertz CT molecular complexity index is 102. The van der Waals surface area contributed by atoms with Crippen molar-refractivity contribution in [3.8, 4) is 0 Å². The molecule has 0 amide bonds. The number of nitrogens with two attached hydrogens (primary N) is 2. The molecule has 0 radical (unpaired) electrons. The first-order chi connectivity index (χ1) is 5.18. The van der Waals surface area contributed by atoms with Gasteiger partial charge in [0, 0.05) is 12.1 Å². The zero-order valence-corrected chi connectivity index (χ0v) is 7.42. The molecular formula is C9H20N2. The Morgan fingerprint density at radius 2 is 1.73 bits per heavy atom. The largest absolute Gasteiger partial charge is 0.328 e. The highest BCUT2D eigenvalue weighted by Crippen LogP contribution is 2.20. The third kappa shape index (κ3) is 3.21. The monoisotopic (exact) mass is 156 g/mol. The standard InChI is InChI=1S/C9H20N2/c1-7-3-2-4-8(10)6-9(11)5-7/h7-9H,2-6,10-11H2,1H3. The summed E-state index contributed by atoms with van der Waals surface area (Å²) >= 11 is 0. The lowest BCUT2D eigenvalue weighted by atomic mass is 9.88. The second-order valence-electron chi connectivity index (χ2n) is 4.03. The number of hydrogen-bond donors (Lipinski definition) is 2. The Balaban J connectivity index is 2.34. The molecule has 0 aromatic carbocycles. The van der Waals surface area contributed by atoms with Crippen molar-refractivity contribution in [2.75, 3.05) is 0 Å². The summed E-state index contributed by atoms with van der Waals surface area (Å²) in [7, 11) is 0. The van der Waals surface area contributed by atoms with E-state index < -0.39 is 0 Å². The van der Waals surface area contributed by atoms with E-state index in [0.29, 0.717) is 12.1 Å². The fourth-order valence-electron chi connectivity index (χ4n) is 1.97. The molecule has 0 heterocycles. The lowest BCUT2D eigenvalue weighted by Gasteiger charge is -2.24. The fraction of sp³-hybridized carbons (Fsp3) is 1.00. The third-order valence-corrected chi connectivity index (χ3v) is 2.58. The maximum Gasteiger partial charge on any atom is 0.00560 e. The summed E-state index contributed by atoms with van der Waals surface area (Å²) in [6, 6.07) is 0.706. The molecule has 1 aliphatic carbocycles. The van der Waals surface area contributed by atoms with Crippen LogP contribution in [-0.4, -0.2) is 12.1 Å². The molecular weight excluding hydrogens is 136 g/mol. The number of rotatable bonds is 0. The van der Waals surface area contributed by atoms with Crippen molar-refractivity contribution in [3.05, 3.63) is 0 Å². The summed E-state index contributed by atoms with van der Waals surface area (Å²) in [5.41, 5.74) is 11.8. The Labute approximate surface area is 69.3 Å². The normalized spacial score (nSPS) is 41.2. The van der Waals surface area contributed by atoms with Gasteiger partial charge in [0.1, 0.15) is 0 Å². The maximum absolute atomic E-state index is 5.90. The zero-order chi connectivity index (χ0) is 8.27. The number of hydrogen-bond acceptors (Lipinski definition) is 2. The molecule has 11 heavy (non-hydrogen) atoms. The van der Waals surface area contributed by atoms with Crippen molar-refractivity contribution in [3.63, 3.8) is 0 Å². The van der Waals surface area contributed by atoms with E-state index in [0.717, 1.165) is 25.2 Å². The average Bonchev–Trinajstić information content (AvgIpc) is 1.83. The molecule has 0 spiro atoms. The second-order valence-corrected chi connectivity index (χ2v) is 4.03. The van der Waals surface area contributed by atoms with Crippen molar-refractivity contribution in [1.29, 1.82) is 0 Å². The lowest BCUT2D eigenvalue weighted by Crippen LogP contribution is -2.34. The van der Waals surface area contributed by atoms with Crippen molar-refractivity contribution in [2.24, 2.45) is 17.4 Å². The zero-order valence-electron chi connectivity index (χ0n) is 7.42. The summed E-state index contributed by atoms with van der Waals surface area (Å²) in [5.74, 6) is 0.803. The summed E-state index contributed by atoms with van der Waals surface area (Å²) < 4.78 is 0.